The van der Waals surface area contributed by atoms with Crippen LogP contribution in [0.4, 0.5) is 13.2 Å². The highest BCUT2D eigenvalue weighted by atomic mass is 35.7. The third-order valence-electron chi connectivity index (χ3n) is 1.55. The lowest BCUT2D eigenvalue weighted by molar-refractivity contribution is -0.276. The van der Waals surface area contributed by atoms with Gasteiger partial charge in [-0.1, -0.05) is 0 Å². The highest BCUT2D eigenvalue weighted by molar-refractivity contribution is 8.13. The summed E-state index contributed by atoms with van der Waals surface area (Å²) in [6, 6.07) is 0.757. The summed E-state index contributed by atoms with van der Waals surface area (Å²) in [5.74, 6) is -1.40. The van der Waals surface area contributed by atoms with Crippen LogP contribution >= 0.6 is 10.7 Å². The van der Waals surface area contributed by atoms with Crippen molar-refractivity contribution in [2.75, 3.05) is 0 Å². The van der Waals surface area contributed by atoms with E-state index in [1.807, 2.05) is 4.98 Å². The van der Waals surface area contributed by atoms with Crippen LogP contribution in [-0.4, -0.2) is 19.8 Å². The molecule has 1 rings (SSSR count). The minimum Gasteiger partial charge on any atom is -0.398 e. The van der Waals surface area contributed by atoms with Gasteiger partial charge in [-0.15, -0.1) is 13.2 Å². The molecule has 10 heteroatoms. The predicted octanol–water partition coefficient (Wildman–Crippen LogP) is 1.51. The second-order valence-corrected chi connectivity index (χ2v) is 5.46. The number of halogens is 4. The van der Waals surface area contributed by atoms with Gasteiger partial charge in [0.1, 0.15) is 0 Å². The fraction of sp³-hybridized carbons (Fsp3) is 0.286. The molecule has 17 heavy (non-hydrogen) atoms. The summed E-state index contributed by atoms with van der Waals surface area (Å²) in [6.07, 6.45) is -5.20. The minimum absolute atomic E-state index is 0.0312. The summed E-state index contributed by atoms with van der Waals surface area (Å²) in [5, 5.41) is -1.12. The molecule has 1 aromatic heterocycles. The summed E-state index contributed by atoms with van der Waals surface area (Å²) >= 11 is 0. The number of alkyl halides is 3. The van der Waals surface area contributed by atoms with Gasteiger partial charge in [0, 0.05) is 22.4 Å². The minimum atomic E-state index is -5.20. The number of nitrogens with one attached hydrogen (secondary N) is 1. The lowest BCUT2D eigenvalue weighted by Crippen LogP contribution is -2.24. The molecule has 0 saturated heterocycles. The number of ether oxygens (including phenoxy) is 1. The molecule has 0 spiro atoms. The third-order valence-corrected chi connectivity index (χ3v) is 2.79. The molecule has 1 N–H and O–H groups in total. The molecular weight excluding hydrogens is 287 g/mol. The predicted molar refractivity (Wildman–Crippen MR) is 51.5 cm³/mol. The molecular formula is C7H5ClF3NO4S. The van der Waals surface area contributed by atoms with E-state index in [1.165, 1.54) is 6.92 Å². The normalized spacial score (nSPS) is 12.5. The van der Waals surface area contributed by atoms with E-state index >= 15 is 0 Å². The number of aryl methyl sites for hydroxylation is 1. The van der Waals surface area contributed by atoms with Crippen molar-refractivity contribution in [2.24, 2.45) is 0 Å². The fourth-order valence-electron chi connectivity index (χ4n) is 1.03. The molecule has 0 saturated carbocycles. The summed E-state index contributed by atoms with van der Waals surface area (Å²) in [7, 11) is 0.332. The SMILES string of the molecule is Cc1cc(=O)c(OC(F)(F)F)c(S(=O)(=O)Cl)[nH]1. The lowest BCUT2D eigenvalue weighted by Gasteiger charge is -2.11. The van der Waals surface area contributed by atoms with Crippen molar-refractivity contribution in [1.82, 2.24) is 4.98 Å². The number of rotatable bonds is 2. The van der Waals surface area contributed by atoms with Crippen molar-refractivity contribution in [2.45, 2.75) is 18.3 Å². The molecule has 0 fully saturated rings. The van der Waals surface area contributed by atoms with Gasteiger partial charge in [0.2, 0.25) is 11.2 Å². The molecule has 0 aliphatic heterocycles. The average molecular weight is 292 g/mol. The molecule has 0 aliphatic rings. The Balaban J connectivity index is 3.53. The van der Waals surface area contributed by atoms with Crippen LogP contribution in [0.2, 0.25) is 0 Å². The first-order valence-electron chi connectivity index (χ1n) is 3.95. The van der Waals surface area contributed by atoms with Crippen LogP contribution in [0, 0.1) is 6.92 Å². The highest BCUT2D eigenvalue weighted by Crippen LogP contribution is 2.27. The summed E-state index contributed by atoms with van der Waals surface area (Å²) in [6.45, 7) is 1.28. The molecule has 0 aromatic carbocycles. The summed E-state index contributed by atoms with van der Waals surface area (Å²) < 4.78 is 61.3. The topological polar surface area (TPSA) is 76.2 Å². The van der Waals surface area contributed by atoms with Crippen molar-refractivity contribution >= 4 is 19.7 Å². The molecule has 0 amide bonds. The highest BCUT2D eigenvalue weighted by Gasteiger charge is 2.35. The quantitative estimate of drug-likeness (QED) is 0.838. The van der Waals surface area contributed by atoms with Crippen molar-refractivity contribution in [1.29, 1.82) is 0 Å². The number of H-pyrrole nitrogens is 1. The third kappa shape index (κ3) is 3.63. The Hall–Kier alpha value is -1.22. The van der Waals surface area contributed by atoms with Crippen LogP contribution in [0.1, 0.15) is 5.69 Å². The van der Waals surface area contributed by atoms with Crippen LogP contribution in [0.25, 0.3) is 0 Å². The van der Waals surface area contributed by atoms with E-state index in [2.05, 4.69) is 4.74 Å². The summed E-state index contributed by atoms with van der Waals surface area (Å²) in [5.41, 5.74) is -1.21. The Morgan fingerprint density at radius 2 is 1.94 bits per heavy atom. The molecule has 1 heterocycles. The van der Waals surface area contributed by atoms with Crippen LogP contribution in [0.15, 0.2) is 15.9 Å². The lowest BCUT2D eigenvalue weighted by atomic mass is 10.3. The number of hydrogen-bond acceptors (Lipinski definition) is 4. The molecule has 0 aliphatic carbocycles. The Bertz CT molecular complexity index is 592. The molecule has 0 radical (unpaired) electrons. The Morgan fingerprint density at radius 3 is 2.35 bits per heavy atom. The van der Waals surface area contributed by atoms with E-state index in [-0.39, 0.29) is 5.69 Å². The zero-order valence-corrected chi connectivity index (χ0v) is 9.70. The molecule has 0 bridgehead atoms. The monoisotopic (exact) mass is 291 g/mol. The molecule has 1 aromatic rings. The van der Waals surface area contributed by atoms with Crippen molar-refractivity contribution < 1.29 is 26.3 Å². The Morgan fingerprint density at radius 1 is 1.41 bits per heavy atom. The second kappa shape index (κ2) is 4.22. The maximum absolute atomic E-state index is 12.0. The van der Waals surface area contributed by atoms with Gasteiger partial charge in [-0.2, -0.15) is 0 Å². The number of hydrogen-bond donors (Lipinski definition) is 1. The molecule has 0 atom stereocenters. The zero-order chi connectivity index (χ0) is 13.4. The van der Waals surface area contributed by atoms with Crippen LogP contribution < -0.4 is 10.2 Å². The number of pyridine rings is 1. The van der Waals surface area contributed by atoms with E-state index in [9.17, 15) is 26.4 Å². The standard InChI is InChI=1S/C7H5ClF3NO4S/c1-3-2-4(13)5(16-7(9,10)11)6(12-3)17(8,14)15/h2H,1H3,(H,12,13). The Labute approximate surface area is 97.6 Å². The largest absolute Gasteiger partial charge is 0.573 e. The van der Waals surface area contributed by atoms with Crippen molar-refractivity contribution in [3.05, 3.63) is 22.0 Å². The second-order valence-electron chi connectivity index (χ2n) is 2.96. The van der Waals surface area contributed by atoms with E-state index in [1.54, 1.807) is 0 Å². The van der Waals surface area contributed by atoms with Gasteiger partial charge >= 0.3 is 6.36 Å². The average Bonchev–Trinajstić information content (AvgIpc) is 2.05. The van der Waals surface area contributed by atoms with E-state index in [0.717, 1.165) is 6.07 Å². The van der Waals surface area contributed by atoms with Crippen LogP contribution in [0.5, 0.6) is 5.75 Å². The van der Waals surface area contributed by atoms with E-state index < -0.39 is 31.6 Å². The van der Waals surface area contributed by atoms with Crippen molar-refractivity contribution in [3.8, 4) is 5.75 Å². The van der Waals surface area contributed by atoms with Crippen LogP contribution in [-0.2, 0) is 9.05 Å². The molecule has 0 unspecified atom stereocenters. The zero-order valence-electron chi connectivity index (χ0n) is 8.13. The first kappa shape index (κ1) is 13.8. The smallest absolute Gasteiger partial charge is 0.398 e. The van der Waals surface area contributed by atoms with Gasteiger partial charge in [-0.05, 0) is 6.92 Å². The van der Waals surface area contributed by atoms with Crippen LogP contribution in [0.3, 0.4) is 0 Å². The maximum atomic E-state index is 12.0. The maximum Gasteiger partial charge on any atom is 0.573 e. The van der Waals surface area contributed by atoms with Gasteiger partial charge in [-0.25, -0.2) is 8.42 Å². The molecule has 5 nitrogen and oxygen atoms in total. The Kier molecular flexibility index (Phi) is 3.44. The van der Waals surface area contributed by atoms with E-state index in [0.29, 0.717) is 0 Å². The fourth-order valence-corrected chi connectivity index (χ4v) is 2.00. The first-order chi connectivity index (χ1) is 7.50. The summed E-state index contributed by atoms with van der Waals surface area (Å²) in [4.78, 5) is 13.3. The molecule has 96 valence electrons. The van der Waals surface area contributed by atoms with Gasteiger partial charge < -0.3 is 9.72 Å². The van der Waals surface area contributed by atoms with E-state index in [4.69, 9.17) is 10.7 Å². The van der Waals surface area contributed by atoms with Gasteiger partial charge in [0.05, 0.1) is 0 Å². The van der Waals surface area contributed by atoms with Gasteiger partial charge in [0.15, 0.2) is 5.03 Å². The van der Waals surface area contributed by atoms with Crippen molar-refractivity contribution in [3.63, 3.8) is 0 Å². The first-order valence-corrected chi connectivity index (χ1v) is 6.26. The van der Waals surface area contributed by atoms with Gasteiger partial charge in [-0.3, -0.25) is 4.79 Å². The number of aromatic nitrogens is 1. The van der Waals surface area contributed by atoms with Gasteiger partial charge in [0.25, 0.3) is 9.05 Å². The number of aromatic amines is 1.